The zero-order valence-electron chi connectivity index (χ0n) is 9.47. The maximum absolute atomic E-state index is 11.7. The van der Waals surface area contributed by atoms with Crippen LogP contribution >= 0.6 is 0 Å². The lowest BCUT2D eigenvalue weighted by molar-refractivity contribution is 0.0950. The number of carbonyl (C=O) groups excluding carboxylic acids is 1. The second kappa shape index (κ2) is 5.21. The predicted molar refractivity (Wildman–Crippen MR) is 62.9 cm³/mol. The number of para-hydroxylation sites is 1. The molecule has 4 nitrogen and oxygen atoms in total. The van der Waals surface area contributed by atoms with Crippen LogP contribution in [0.1, 0.15) is 15.9 Å². The Kier molecular flexibility index (Phi) is 3.45. The minimum atomic E-state index is -0.162. The molecule has 0 spiro atoms. The Morgan fingerprint density at radius 3 is 2.88 bits per heavy atom. The second-order valence-corrected chi connectivity index (χ2v) is 3.51. The molecular weight excluding hydrogens is 218 g/mol. The maximum Gasteiger partial charge on any atom is 0.254 e. The standard InChI is InChI=1S/C13H13NO3/c1-16-12-5-3-2-4-10(12)8-14-13(15)11-6-7-17-9-11/h2-7,9H,8H2,1H3,(H,14,15). The summed E-state index contributed by atoms with van der Waals surface area (Å²) in [5.41, 5.74) is 1.45. The van der Waals surface area contributed by atoms with Crippen molar-refractivity contribution in [3.63, 3.8) is 0 Å². The fraction of sp³-hybridized carbons (Fsp3) is 0.154. The van der Waals surface area contributed by atoms with E-state index >= 15 is 0 Å². The van der Waals surface area contributed by atoms with Crippen molar-refractivity contribution in [2.75, 3.05) is 7.11 Å². The molecule has 0 bridgehead atoms. The quantitative estimate of drug-likeness (QED) is 0.877. The van der Waals surface area contributed by atoms with Gasteiger partial charge in [0.1, 0.15) is 12.0 Å². The Morgan fingerprint density at radius 2 is 2.18 bits per heavy atom. The molecule has 0 saturated carbocycles. The highest BCUT2D eigenvalue weighted by molar-refractivity contribution is 5.93. The highest BCUT2D eigenvalue weighted by Gasteiger charge is 2.07. The van der Waals surface area contributed by atoms with Gasteiger partial charge in [-0.05, 0) is 12.1 Å². The fourth-order valence-electron chi connectivity index (χ4n) is 1.52. The van der Waals surface area contributed by atoms with Gasteiger partial charge in [-0.3, -0.25) is 4.79 Å². The van der Waals surface area contributed by atoms with Crippen molar-refractivity contribution in [2.45, 2.75) is 6.54 Å². The van der Waals surface area contributed by atoms with Crippen LogP contribution in [0.2, 0.25) is 0 Å². The SMILES string of the molecule is COc1ccccc1CNC(=O)c1ccoc1. The number of benzene rings is 1. The van der Waals surface area contributed by atoms with Gasteiger partial charge in [-0.1, -0.05) is 18.2 Å². The Bertz CT molecular complexity index is 491. The van der Waals surface area contributed by atoms with Crippen LogP contribution < -0.4 is 10.1 Å². The molecule has 1 heterocycles. The molecule has 1 amide bonds. The lowest BCUT2D eigenvalue weighted by atomic mass is 10.2. The number of carbonyl (C=O) groups is 1. The zero-order valence-corrected chi connectivity index (χ0v) is 9.47. The highest BCUT2D eigenvalue weighted by atomic mass is 16.5. The smallest absolute Gasteiger partial charge is 0.254 e. The van der Waals surface area contributed by atoms with Gasteiger partial charge in [-0.2, -0.15) is 0 Å². The van der Waals surface area contributed by atoms with Gasteiger partial charge >= 0.3 is 0 Å². The summed E-state index contributed by atoms with van der Waals surface area (Å²) >= 11 is 0. The number of hydrogen-bond donors (Lipinski definition) is 1. The number of amides is 1. The lowest BCUT2D eigenvalue weighted by Crippen LogP contribution is -2.22. The van der Waals surface area contributed by atoms with Crippen molar-refractivity contribution in [2.24, 2.45) is 0 Å². The molecule has 0 fully saturated rings. The van der Waals surface area contributed by atoms with Gasteiger partial charge in [0.2, 0.25) is 0 Å². The molecule has 0 aliphatic rings. The molecule has 0 saturated heterocycles. The number of methoxy groups -OCH3 is 1. The molecule has 1 aromatic heterocycles. The Balaban J connectivity index is 2.00. The van der Waals surface area contributed by atoms with Crippen molar-refractivity contribution in [1.29, 1.82) is 0 Å². The molecular formula is C13H13NO3. The summed E-state index contributed by atoms with van der Waals surface area (Å²) in [7, 11) is 1.61. The van der Waals surface area contributed by atoms with E-state index in [4.69, 9.17) is 9.15 Å². The summed E-state index contributed by atoms with van der Waals surface area (Å²) < 4.78 is 10.0. The van der Waals surface area contributed by atoms with Crippen LogP contribution in [0.5, 0.6) is 5.75 Å². The number of furan rings is 1. The first-order valence-electron chi connectivity index (χ1n) is 5.23. The van der Waals surface area contributed by atoms with Gasteiger partial charge in [0, 0.05) is 12.1 Å². The maximum atomic E-state index is 11.7. The van der Waals surface area contributed by atoms with E-state index in [1.165, 1.54) is 12.5 Å². The van der Waals surface area contributed by atoms with Crippen molar-refractivity contribution in [3.8, 4) is 5.75 Å². The molecule has 0 atom stereocenters. The van der Waals surface area contributed by atoms with Crippen molar-refractivity contribution in [1.82, 2.24) is 5.32 Å². The summed E-state index contributed by atoms with van der Waals surface area (Å²) in [6.07, 6.45) is 2.88. The largest absolute Gasteiger partial charge is 0.496 e. The predicted octanol–water partition coefficient (Wildman–Crippen LogP) is 2.22. The normalized spacial score (nSPS) is 9.94. The van der Waals surface area contributed by atoms with Gasteiger partial charge in [-0.15, -0.1) is 0 Å². The highest BCUT2D eigenvalue weighted by Crippen LogP contribution is 2.16. The molecule has 0 radical (unpaired) electrons. The van der Waals surface area contributed by atoms with E-state index in [1.54, 1.807) is 13.2 Å². The second-order valence-electron chi connectivity index (χ2n) is 3.51. The molecule has 2 rings (SSSR count). The van der Waals surface area contributed by atoms with E-state index in [1.807, 2.05) is 24.3 Å². The van der Waals surface area contributed by atoms with Crippen molar-refractivity contribution >= 4 is 5.91 Å². The Hall–Kier alpha value is -2.23. The molecule has 1 aromatic carbocycles. The first-order valence-corrected chi connectivity index (χ1v) is 5.23. The van der Waals surface area contributed by atoms with Gasteiger partial charge in [-0.25, -0.2) is 0 Å². The topological polar surface area (TPSA) is 51.5 Å². The molecule has 1 N–H and O–H groups in total. The first-order chi connectivity index (χ1) is 8.31. The summed E-state index contributed by atoms with van der Waals surface area (Å²) in [6, 6.07) is 9.19. The third-order valence-corrected chi connectivity index (χ3v) is 2.42. The molecule has 4 heteroatoms. The molecule has 88 valence electrons. The van der Waals surface area contributed by atoms with Crippen molar-refractivity contribution < 1.29 is 13.9 Å². The molecule has 17 heavy (non-hydrogen) atoms. The van der Waals surface area contributed by atoms with E-state index in [9.17, 15) is 4.79 Å². The van der Waals surface area contributed by atoms with Crippen LogP contribution in [0.4, 0.5) is 0 Å². The molecule has 2 aromatic rings. The van der Waals surface area contributed by atoms with Gasteiger partial charge in [0.05, 0.1) is 18.9 Å². The number of rotatable bonds is 4. The minimum Gasteiger partial charge on any atom is -0.496 e. The fourth-order valence-corrected chi connectivity index (χ4v) is 1.52. The molecule has 0 aliphatic heterocycles. The van der Waals surface area contributed by atoms with Crippen LogP contribution in [-0.2, 0) is 6.54 Å². The van der Waals surface area contributed by atoms with Crippen LogP contribution in [0.15, 0.2) is 47.3 Å². The summed E-state index contributed by atoms with van der Waals surface area (Å²) in [5, 5.41) is 2.80. The summed E-state index contributed by atoms with van der Waals surface area (Å²) in [6.45, 7) is 0.425. The average Bonchev–Trinajstić information content (AvgIpc) is 2.90. The van der Waals surface area contributed by atoms with Crippen molar-refractivity contribution in [3.05, 3.63) is 54.0 Å². The van der Waals surface area contributed by atoms with Crippen LogP contribution in [0.25, 0.3) is 0 Å². The zero-order chi connectivity index (χ0) is 12.1. The molecule has 0 aliphatic carbocycles. The van der Waals surface area contributed by atoms with Crippen LogP contribution in [0, 0.1) is 0 Å². The van der Waals surface area contributed by atoms with E-state index in [0.29, 0.717) is 12.1 Å². The van der Waals surface area contributed by atoms with Gasteiger partial charge in [0.15, 0.2) is 0 Å². The minimum absolute atomic E-state index is 0.162. The van der Waals surface area contributed by atoms with Gasteiger partial charge < -0.3 is 14.5 Å². The summed E-state index contributed by atoms with van der Waals surface area (Å²) in [4.78, 5) is 11.7. The Morgan fingerprint density at radius 1 is 1.35 bits per heavy atom. The number of nitrogens with one attached hydrogen (secondary N) is 1. The summed E-state index contributed by atoms with van der Waals surface area (Å²) in [5.74, 6) is 0.602. The van der Waals surface area contributed by atoms with Crippen LogP contribution in [0.3, 0.4) is 0 Å². The third-order valence-electron chi connectivity index (χ3n) is 2.42. The van der Waals surface area contributed by atoms with Crippen LogP contribution in [-0.4, -0.2) is 13.0 Å². The van der Waals surface area contributed by atoms with E-state index < -0.39 is 0 Å². The molecule has 0 unspecified atom stereocenters. The van der Waals surface area contributed by atoms with E-state index in [2.05, 4.69) is 5.32 Å². The third kappa shape index (κ3) is 2.66. The lowest BCUT2D eigenvalue weighted by Gasteiger charge is -2.08. The monoisotopic (exact) mass is 231 g/mol. The Labute approximate surface area is 99.2 Å². The number of hydrogen-bond acceptors (Lipinski definition) is 3. The van der Waals surface area contributed by atoms with Gasteiger partial charge in [0.25, 0.3) is 5.91 Å². The average molecular weight is 231 g/mol. The van der Waals surface area contributed by atoms with E-state index in [-0.39, 0.29) is 5.91 Å². The number of ether oxygens (including phenoxy) is 1. The first kappa shape index (κ1) is 11.3. The van der Waals surface area contributed by atoms with E-state index in [0.717, 1.165) is 11.3 Å².